The van der Waals surface area contributed by atoms with E-state index in [1.165, 1.54) is 0 Å². The van der Waals surface area contributed by atoms with Crippen LogP contribution in [0.1, 0.15) is 42.1 Å². The van der Waals surface area contributed by atoms with Crippen LogP contribution in [0.5, 0.6) is 0 Å². The second-order valence-corrected chi connectivity index (χ2v) is 4.06. The van der Waals surface area contributed by atoms with E-state index in [1.54, 1.807) is 11.0 Å². The Morgan fingerprint density at radius 1 is 1.19 bits per heavy atom. The molecule has 0 spiro atoms. The Bertz CT molecular complexity index is 391. The van der Waals surface area contributed by atoms with Crippen molar-refractivity contribution in [3.63, 3.8) is 0 Å². The van der Waals surface area contributed by atoms with Crippen LogP contribution in [0.15, 0.2) is 24.3 Å². The molecule has 1 amide bonds. The van der Waals surface area contributed by atoms with E-state index in [4.69, 9.17) is 5.41 Å². The summed E-state index contributed by atoms with van der Waals surface area (Å²) in [5, 5.41) is 7.96. The molecule has 0 fully saturated rings. The van der Waals surface area contributed by atoms with Crippen molar-refractivity contribution in [3.05, 3.63) is 35.4 Å². The molecule has 1 N–H and O–H groups in total. The molecule has 0 bridgehead atoms. The largest absolute Gasteiger partial charge is 0.293 e. The van der Waals surface area contributed by atoms with Gasteiger partial charge in [0.05, 0.1) is 5.56 Å². The first-order valence-electron chi connectivity index (χ1n) is 5.75. The lowest BCUT2D eigenvalue weighted by molar-refractivity contribution is 0.0857. The van der Waals surface area contributed by atoms with Crippen molar-refractivity contribution in [2.45, 2.75) is 26.2 Å². The molecule has 16 heavy (non-hydrogen) atoms. The lowest BCUT2D eigenvalue weighted by atomic mass is 10.1. The number of nitrogens with one attached hydrogen (secondary N) is 1. The first kappa shape index (κ1) is 10.9. The highest BCUT2D eigenvalue weighted by atomic mass is 16.2. The maximum atomic E-state index is 12.0. The number of carbonyl (C=O) groups is 1. The summed E-state index contributed by atoms with van der Waals surface area (Å²) >= 11 is 0. The average molecular weight is 216 g/mol. The van der Waals surface area contributed by atoms with Crippen LogP contribution < -0.4 is 0 Å². The highest BCUT2D eigenvalue weighted by Crippen LogP contribution is 2.22. The maximum Gasteiger partial charge on any atom is 0.260 e. The zero-order chi connectivity index (χ0) is 11.5. The van der Waals surface area contributed by atoms with Crippen LogP contribution in [0, 0.1) is 5.41 Å². The van der Waals surface area contributed by atoms with E-state index in [0.29, 0.717) is 17.9 Å². The van der Waals surface area contributed by atoms with E-state index in [-0.39, 0.29) is 5.91 Å². The third-order valence-corrected chi connectivity index (χ3v) is 2.91. The van der Waals surface area contributed by atoms with Crippen molar-refractivity contribution in [2.24, 2.45) is 0 Å². The number of benzene rings is 1. The fourth-order valence-corrected chi connectivity index (χ4v) is 2.00. The highest BCUT2D eigenvalue weighted by Gasteiger charge is 2.31. The molecule has 1 aliphatic heterocycles. The van der Waals surface area contributed by atoms with E-state index in [1.807, 2.05) is 18.2 Å². The number of rotatable bonds is 4. The molecule has 0 radical (unpaired) electrons. The molecule has 0 unspecified atom stereocenters. The number of fused-ring (bicyclic) bond motifs is 1. The van der Waals surface area contributed by atoms with Gasteiger partial charge in [0.1, 0.15) is 5.84 Å². The van der Waals surface area contributed by atoms with E-state index < -0.39 is 0 Å². The molecule has 1 aromatic carbocycles. The number of hydrogen-bond acceptors (Lipinski definition) is 2. The predicted molar refractivity (Wildman–Crippen MR) is 63.8 cm³/mol. The van der Waals surface area contributed by atoms with Crippen LogP contribution in [0.4, 0.5) is 0 Å². The Balaban J connectivity index is 2.15. The molecule has 0 aliphatic carbocycles. The first-order valence-corrected chi connectivity index (χ1v) is 5.75. The van der Waals surface area contributed by atoms with Crippen molar-refractivity contribution in [1.82, 2.24) is 4.90 Å². The van der Waals surface area contributed by atoms with Crippen molar-refractivity contribution < 1.29 is 4.79 Å². The summed E-state index contributed by atoms with van der Waals surface area (Å²) < 4.78 is 0. The van der Waals surface area contributed by atoms with Gasteiger partial charge in [-0.25, -0.2) is 0 Å². The summed E-state index contributed by atoms with van der Waals surface area (Å²) in [4.78, 5) is 13.6. The summed E-state index contributed by atoms with van der Waals surface area (Å²) in [5.74, 6) is 0.341. The SMILES string of the molecule is CCCCCN1C(=N)c2ccccc2C1=O. The highest BCUT2D eigenvalue weighted by molar-refractivity contribution is 6.22. The predicted octanol–water partition coefficient (Wildman–Crippen LogP) is 2.66. The Hall–Kier alpha value is -1.64. The molecule has 1 heterocycles. The van der Waals surface area contributed by atoms with Gasteiger partial charge < -0.3 is 0 Å². The lowest BCUT2D eigenvalue weighted by Gasteiger charge is -2.15. The van der Waals surface area contributed by atoms with E-state index in [9.17, 15) is 4.79 Å². The van der Waals surface area contributed by atoms with Gasteiger partial charge in [0.25, 0.3) is 5.91 Å². The van der Waals surface area contributed by atoms with Gasteiger partial charge in [-0.15, -0.1) is 0 Å². The van der Waals surface area contributed by atoms with Crippen molar-refractivity contribution in [2.75, 3.05) is 6.54 Å². The van der Waals surface area contributed by atoms with Gasteiger partial charge in [-0.1, -0.05) is 38.0 Å². The quantitative estimate of drug-likeness (QED) is 0.772. The van der Waals surface area contributed by atoms with Gasteiger partial charge in [-0.3, -0.25) is 15.1 Å². The molecule has 0 saturated heterocycles. The number of amides is 1. The Kier molecular flexibility index (Phi) is 3.04. The number of carbonyl (C=O) groups excluding carboxylic acids is 1. The van der Waals surface area contributed by atoms with Gasteiger partial charge in [-0.2, -0.15) is 0 Å². The second kappa shape index (κ2) is 4.47. The van der Waals surface area contributed by atoms with Gasteiger partial charge >= 0.3 is 0 Å². The van der Waals surface area contributed by atoms with E-state index in [2.05, 4.69) is 6.92 Å². The minimum atomic E-state index is -0.0169. The lowest BCUT2D eigenvalue weighted by Crippen LogP contribution is -2.30. The Morgan fingerprint density at radius 2 is 1.88 bits per heavy atom. The normalized spacial score (nSPS) is 14.4. The van der Waals surface area contributed by atoms with Crippen LogP contribution in [-0.4, -0.2) is 23.2 Å². The fourth-order valence-electron chi connectivity index (χ4n) is 2.00. The Labute approximate surface area is 95.6 Å². The summed E-state index contributed by atoms with van der Waals surface area (Å²) in [6.45, 7) is 2.80. The molecule has 3 nitrogen and oxygen atoms in total. The summed E-state index contributed by atoms with van der Waals surface area (Å²) in [6, 6.07) is 7.36. The van der Waals surface area contributed by atoms with Gasteiger partial charge in [-0.05, 0) is 12.5 Å². The van der Waals surface area contributed by atoms with Crippen LogP contribution in [0.3, 0.4) is 0 Å². The molecular formula is C13H16N2O. The third kappa shape index (κ3) is 1.73. The van der Waals surface area contributed by atoms with E-state index >= 15 is 0 Å². The zero-order valence-corrected chi connectivity index (χ0v) is 9.49. The smallest absolute Gasteiger partial charge is 0.260 e. The molecular weight excluding hydrogens is 200 g/mol. The number of amidine groups is 1. The molecule has 0 aromatic heterocycles. The van der Waals surface area contributed by atoms with Crippen LogP contribution >= 0.6 is 0 Å². The standard InChI is InChI=1S/C13H16N2O/c1-2-3-6-9-15-12(14)10-7-4-5-8-11(10)13(15)16/h4-5,7-8,14H,2-3,6,9H2,1H3. The van der Waals surface area contributed by atoms with Crippen molar-refractivity contribution >= 4 is 11.7 Å². The minimum Gasteiger partial charge on any atom is -0.293 e. The molecule has 0 saturated carbocycles. The topological polar surface area (TPSA) is 44.2 Å². The molecule has 3 heteroatoms. The molecule has 1 aromatic rings. The second-order valence-electron chi connectivity index (χ2n) is 4.06. The van der Waals surface area contributed by atoms with Crippen LogP contribution in [0.2, 0.25) is 0 Å². The summed E-state index contributed by atoms with van der Waals surface area (Å²) in [5.41, 5.74) is 1.44. The average Bonchev–Trinajstić information content (AvgIpc) is 2.55. The fraction of sp³-hybridized carbons (Fsp3) is 0.385. The van der Waals surface area contributed by atoms with Gasteiger partial charge in [0, 0.05) is 12.1 Å². The zero-order valence-electron chi connectivity index (χ0n) is 9.49. The van der Waals surface area contributed by atoms with Crippen LogP contribution in [-0.2, 0) is 0 Å². The summed E-state index contributed by atoms with van der Waals surface area (Å²) in [7, 11) is 0. The molecule has 2 rings (SSSR count). The Morgan fingerprint density at radius 3 is 2.50 bits per heavy atom. The molecule has 1 aliphatic rings. The number of nitrogens with zero attached hydrogens (tertiary/aromatic N) is 1. The van der Waals surface area contributed by atoms with Gasteiger partial charge in [0.15, 0.2) is 0 Å². The first-order chi connectivity index (χ1) is 7.75. The van der Waals surface area contributed by atoms with Gasteiger partial charge in [0.2, 0.25) is 0 Å². The minimum absolute atomic E-state index is 0.0169. The van der Waals surface area contributed by atoms with Crippen molar-refractivity contribution in [1.29, 1.82) is 5.41 Å². The van der Waals surface area contributed by atoms with E-state index in [0.717, 1.165) is 24.8 Å². The summed E-state index contributed by atoms with van der Waals surface area (Å²) in [6.07, 6.45) is 3.20. The number of hydrogen-bond donors (Lipinski definition) is 1. The molecule has 0 atom stereocenters. The molecule has 84 valence electrons. The number of unbranched alkanes of at least 4 members (excludes halogenated alkanes) is 2. The maximum absolute atomic E-state index is 12.0. The monoisotopic (exact) mass is 216 g/mol. The third-order valence-electron chi connectivity index (χ3n) is 2.91. The van der Waals surface area contributed by atoms with Crippen LogP contribution in [0.25, 0.3) is 0 Å². The van der Waals surface area contributed by atoms with Crippen molar-refractivity contribution in [3.8, 4) is 0 Å².